The highest BCUT2D eigenvalue weighted by molar-refractivity contribution is 5.76. The molecule has 2 aromatic carbocycles. The second-order valence-electron chi connectivity index (χ2n) is 7.17. The molecular weight excluding hydrogens is 370 g/mol. The van der Waals surface area contributed by atoms with Crippen molar-refractivity contribution in [1.29, 1.82) is 0 Å². The molecule has 0 spiro atoms. The molecule has 2 N–H and O–H groups in total. The Kier molecular flexibility index (Phi) is 6.61. The van der Waals surface area contributed by atoms with E-state index in [1.165, 1.54) is 0 Å². The molecule has 3 aromatic rings. The molecule has 1 heterocycles. The molecule has 0 radical (unpaired) electrons. The van der Waals surface area contributed by atoms with Crippen LogP contribution in [0.15, 0.2) is 41.2 Å². The van der Waals surface area contributed by atoms with E-state index in [0.717, 1.165) is 28.6 Å². The average molecular weight is 399 g/mol. The van der Waals surface area contributed by atoms with Crippen LogP contribution in [-0.2, 0) is 27.2 Å². The van der Waals surface area contributed by atoms with Crippen LogP contribution in [0.1, 0.15) is 24.5 Å². The topological polar surface area (TPSA) is 77.6 Å². The summed E-state index contributed by atoms with van der Waals surface area (Å²) in [6.07, 6.45) is 0.867. The maximum absolute atomic E-state index is 12.1. The summed E-state index contributed by atoms with van der Waals surface area (Å²) in [5.41, 5.74) is 3.75. The Morgan fingerprint density at radius 2 is 1.76 bits per heavy atom. The zero-order valence-electron chi connectivity index (χ0n) is 17.4. The molecule has 7 nitrogen and oxygen atoms in total. The predicted octanol–water partition coefficient (Wildman–Crippen LogP) is 2.33. The highest BCUT2D eigenvalue weighted by Gasteiger charge is 2.11. The van der Waals surface area contributed by atoms with Crippen LogP contribution in [0.5, 0.6) is 11.5 Å². The molecule has 0 unspecified atom stereocenters. The lowest BCUT2D eigenvalue weighted by Gasteiger charge is -2.16. The van der Waals surface area contributed by atoms with Gasteiger partial charge in [-0.15, -0.1) is 0 Å². The van der Waals surface area contributed by atoms with Crippen molar-refractivity contribution in [3.63, 3.8) is 0 Å². The number of nitrogens with one attached hydrogen (secondary N) is 1. The van der Waals surface area contributed by atoms with Crippen LogP contribution in [0.3, 0.4) is 0 Å². The van der Waals surface area contributed by atoms with Gasteiger partial charge in [-0.25, -0.2) is 4.79 Å². The van der Waals surface area contributed by atoms with Crippen molar-refractivity contribution in [1.82, 2.24) is 14.5 Å². The fraction of sp³-hybridized carbons (Fsp3) is 0.409. The van der Waals surface area contributed by atoms with Crippen LogP contribution in [-0.4, -0.2) is 34.0 Å². The van der Waals surface area contributed by atoms with E-state index in [-0.39, 0.29) is 18.3 Å². The SMILES string of the molecule is CC[C@H](CO)NCc1ccc(OCc2ccc3c(c2)n(C)c(=O)n3C)c(OC)c1. The number of aromatic nitrogens is 2. The van der Waals surface area contributed by atoms with Crippen LogP contribution in [0, 0.1) is 0 Å². The minimum absolute atomic E-state index is 0.0459. The van der Waals surface area contributed by atoms with E-state index in [9.17, 15) is 9.90 Å². The van der Waals surface area contributed by atoms with Gasteiger partial charge >= 0.3 is 5.69 Å². The number of methoxy groups -OCH3 is 1. The molecule has 0 fully saturated rings. The number of rotatable bonds is 9. The van der Waals surface area contributed by atoms with Gasteiger partial charge in [-0.05, 0) is 41.8 Å². The first kappa shape index (κ1) is 21.0. The van der Waals surface area contributed by atoms with Gasteiger partial charge in [0.2, 0.25) is 0 Å². The number of ether oxygens (including phenoxy) is 2. The van der Waals surface area contributed by atoms with Crippen molar-refractivity contribution < 1.29 is 14.6 Å². The van der Waals surface area contributed by atoms with Gasteiger partial charge in [0.15, 0.2) is 11.5 Å². The van der Waals surface area contributed by atoms with Crippen LogP contribution in [0.2, 0.25) is 0 Å². The van der Waals surface area contributed by atoms with E-state index in [4.69, 9.17) is 9.47 Å². The number of aliphatic hydroxyl groups excluding tert-OH is 1. The Bertz CT molecular complexity index is 1030. The summed E-state index contributed by atoms with van der Waals surface area (Å²) in [6.45, 7) is 3.17. The molecule has 7 heteroatoms. The second kappa shape index (κ2) is 9.15. The molecule has 0 saturated heterocycles. The normalized spacial score (nSPS) is 12.3. The van der Waals surface area contributed by atoms with Crippen molar-refractivity contribution in [2.75, 3.05) is 13.7 Å². The van der Waals surface area contributed by atoms with Crippen molar-refractivity contribution in [3.05, 3.63) is 58.0 Å². The lowest BCUT2D eigenvalue weighted by Crippen LogP contribution is -2.31. The van der Waals surface area contributed by atoms with E-state index in [1.54, 1.807) is 30.3 Å². The fourth-order valence-corrected chi connectivity index (χ4v) is 3.34. The first-order valence-corrected chi connectivity index (χ1v) is 9.76. The predicted molar refractivity (Wildman–Crippen MR) is 113 cm³/mol. The maximum Gasteiger partial charge on any atom is 0.328 e. The van der Waals surface area contributed by atoms with Gasteiger partial charge < -0.3 is 19.9 Å². The van der Waals surface area contributed by atoms with Crippen molar-refractivity contribution in [2.45, 2.75) is 32.5 Å². The van der Waals surface area contributed by atoms with Crippen molar-refractivity contribution in [2.24, 2.45) is 14.1 Å². The largest absolute Gasteiger partial charge is 0.493 e. The average Bonchev–Trinajstić information content (AvgIpc) is 2.97. The van der Waals surface area contributed by atoms with Crippen LogP contribution in [0.25, 0.3) is 11.0 Å². The van der Waals surface area contributed by atoms with Gasteiger partial charge in [0.05, 0.1) is 24.8 Å². The molecule has 0 bridgehead atoms. The third-order valence-corrected chi connectivity index (χ3v) is 5.27. The number of hydrogen-bond donors (Lipinski definition) is 2. The maximum atomic E-state index is 12.1. The number of benzene rings is 2. The summed E-state index contributed by atoms with van der Waals surface area (Å²) in [7, 11) is 5.16. The number of imidazole rings is 1. The molecular formula is C22H29N3O4. The number of fused-ring (bicyclic) bond motifs is 1. The number of aliphatic hydroxyl groups is 1. The van der Waals surface area contributed by atoms with E-state index in [0.29, 0.717) is 24.7 Å². The highest BCUT2D eigenvalue weighted by atomic mass is 16.5. The third-order valence-electron chi connectivity index (χ3n) is 5.27. The molecule has 29 heavy (non-hydrogen) atoms. The van der Waals surface area contributed by atoms with E-state index >= 15 is 0 Å². The summed E-state index contributed by atoms with van der Waals surface area (Å²) < 4.78 is 14.7. The molecule has 156 valence electrons. The van der Waals surface area contributed by atoms with E-state index in [1.807, 2.05) is 43.3 Å². The molecule has 1 atom stereocenters. The van der Waals surface area contributed by atoms with Crippen LogP contribution in [0.4, 0.5) is 0 Å². The minimum Gasteiger partial charge on any atom is -0.493 e. The smallest absolute Gasteiger partial charge is 0.328 e. The van der Waals surface area contributed by atoms with Gasteiger partial charge in [0, 0.05) is 26.7 Å². The number of hydrogen-bond acceptors (Lipinski definition) is 5. The molecule has 1 aromatic heterocycles. The Balaban J connectivity index is 1.72. The van der Waals surface area contributed by atoms with Gasteiger partial charge in [0.25, 0.3) is 0 Å². The molecule has 0 aliphatic rings. The first-order chi connectivity index (χ1) is 14.0. The summed E-state index contributed by atoms with van der Waals surface area (Å²) in [4.78, 5) is 12.1. The van der Waals surface area contributed by atoms with Crippen LogP contribution >= 0.6 is 0 Å². The summed E-state index contributed by atoms with van der Waals surface area (Å²) >= 11 is 0. The Morgan fingerprint density at radius 1 is 1.03 bits per heavy atom. The highest BCUT2D eigenvalue weighted by Crippen LogP contribution is 2.29. The lowest BCUT2D eigenvalue weighted by molar-refractivity contribution is 0.238. The van der Waals surface area contributed by atoms with Crippen molar-refractivity contribution in [3.8, 4) is 11.5 Å². The summed E-state index contributed by atoms with van der Waals surface area (Å²) in [5, 5.41) is 12.6. The quantitative estimate of drug-likeness (QED) is 0.577. The summed E-state index contributed by atoms with van der Waals surface area (Å²) in [6, 6.07) is 11.8. The van der Waals surface area contributed by atoms with Gasteiger partial charge in [-0.2, -0.15) is 0 Å². The third kappa shape index (κ3) is 4.46. The monoisotopic (exact) mass is 399 g/mol. The molecule has 3 rings (SSSR count). The summed E-state index contributed by atoms with van der Waals surface area (Å²) in [5.74, 6) is 1.32. The molecule has 0 saturated carbocycles. The van der Waals surface area contributed by atoms with Crippen LogP contribution < -0.4 is 20.5 Å². The number of aryl methyl sites for hydroxylation is 2. The number of nitrogens with zero attached hydrogens (tertiary/aromatic N) is 2. The molecule has 0 aliphatic carbocycles. The second-order valence-corrected chi connectivity index (χ2v) is 7.17. The van der Waals surface area contributed by atoms with Crippen molar-refractivity contribution >= 4 is 11.0 Å². The molecule has 0 amide bonds. The van der Waals surface area contributed by atoms with Gasteiger partial charge in [0.1, 0.15) is 6.61 Å². The zero-order chi connectivity index (χ0) is 21.0. The minimum atomic E-state index is -0.0459. The fourth-order valence-electron chi connectivity index (χ4n) is 3.34. The Hall–Kier alpha value is -2.77. The Morgan fingerprint density at radius 3 is 2.45 bits per heavy atom. The standard InChI is InChI=1S/C22H29N3O4/c1-5-17(13-26)23-12-15-7-9-20(21(11-15)28-4)29-14-16-6-8-18-19(10-16)25(3)22(27)24(18)2/h6-11,17,23,26H,5,12-14H2,1-4H3/t17-/m1/s1. The first-order valence-electron chi connectivity index (χ1n) is 9.76. The zero-order valence-corrected chi connectivity index (χ0v) is 17.4. The van der Waals surface area contributed by atoms with E-state index < -0.39 is 0 Å². The van der Waals surface area contributed by atoms with E-state index in [2.05, 4.69) is 5.32 Å². The van der Waals surface area contributed by atoms with Gasteiger partial charge in [-0.1, -0.05) is 19.1 Å². The molecule has 0 aliphatic heterocycles. The Labute approximate surface area is 170 Å². The van der Waals surface area contributed by atoms with Gasteiger partial charge in [-0.3, -0.25) is 9.13 Å². The lowest BCUT2D eigenvalue weighted by atomic mass is 10.1.